The van der Waals surface area contributed by atoms with Crippen LogP contribution in [0.4, 0.5) is 0 Å². The Balaban J connectivity index is 1.97. The van der Waals surface area contributed by atoms with Gasteiger partial charge in [0.05, 0.1) is 0 Å². The van der Waals surface area contributed by atoms with Gasteiger partial charge in [0.1, 0.15) is 0 Å². The minimum atomic E-state index is -0.124. The van der Waals surface area contributed by atoms with Gasteiger partial charge in [0.15, 0.2) is 0 Å². The Labute approximate surface area is 90.5 Å². The number of benzene rings is 1. The summed E-state index contributed by atoms with van der Waals surface area (Å²) < 4.78 is 0. The molecule has 0 aromatic heterocycles. The third-order valence-electron chi connectivity index (χ3n) is 3.40. The van der Waals surface area contributed by atoms with E-state index in [2.05, 4.69) is 24.3 Å². The van der Waals surface area contributed by atoms with E-state index in [9.17, 15) is 4.79 Å². The summed E-state index contributed by atoms with van der Waals surface area (Å²) in [4.78, 5) is 11.0. The number of nitrogens with two attached hydrogens (primary N) is 1. The highest BCUT2D eigenvalue weighted by Gasteiger charge is 2.25. The first-order valence-electron chi connectivity index (χ1n) is 5.61. The van der Waals surface area contributed by atoms with Crippen LogP contribution >= 0.6 is 0 Å². The van der Waals surface area contributed by atoms with Crippen molar-refractivity contribution in [2.75, 3.05) is 0 Å². The lowest BCUT2D eigenvalue weighted by Crippen LogP contribution is -2.27. The Bertz CT molecular complexity index is 326. The van der Waals surface area contributed by atoms with E-state index >= 15 is 0 Å². The van der Waals surface area contributed by atoms with Gasteiger partial charge in [-0.1, -0.05) is 30.3 Å². The van der Waals surface area contributed by atoms with Crippen LogP contribution in [0.2, 0.25) is 0 Å². The van der Waals surface area contributed by atoms with Crippen molar-refractivity contribution in [2.45, 2.75) is 31.6 Å². The summed E-state index contributed by atoms with van der Waals surface area (Å²) in [5.74, 6) is 0.619. The van der Waals surface area contributed by atoms with Gasteiger partial charge in [-0.15, -0.1) is 0 Å². The average molecular weight is 203 g/mol. The number of hydrogen-bond acceptors (Lipinski definition) is 1. The molecule has 0 aliphatic heterocycles. The van der Waals surface area contributed by atoms with Crippen molar-refractivity contribution < 1.29 is 4.79 Å². The SMILES string of the molecule is NC(=O)C1CCC(c2ccccc2)CC1. The van der Waals surface area contributed by atoms with Crippen LogP contribution in [0, 0.1) is 5.92 Å². The first-order valence-corrected chi connectivity index (χ1v) is 5.61. The Hall–Kier alpha value is -1.31. The van der Waals surface area contributed by atoms with Gasteiger partial charge < -0.3 is 5.73 Å². The lowest BCUT2D eigenvalue weighted by Gasteiger charge is -2.26. The van der Waals surface area contributed by atoms with Crippen molar-refractivity contribution in [1.82, 2.24) is 0 Å². The van der Waals surface area contributed by atoms with Gasteiger partial charge in [0.25, 0.3) is 0 Å². The van der Waals surface area contributed by atoms with Crippen LogP contribution < -0.4 is 5.73 Å². The second-order valence-electron chi connectivity index (χ2n) is 4.36. The third kappa shape index (κ3) is 2.38. The normalized spacial score (nSPS) is 26.1. The molecule has 1 amide bonds. The van der Waals surface area contributed by atoms with Gasteiger partial charge in [0, 0.05) is 5.92 Å². The second kappa shape index (κ2) is 4.47. The van der Waals surface area contributed by atoms with Crippen LogP contribution in [0.3, 0.4) is 0 Å². The lowest BCUT2D eigenvalue weighted by atomic mass is 9.78. The number of carbonyl (C=O) groups excluding carboxylic acids is 1. The highest BCUT2D eigenvalue weighted by molar-refractivity contribution is 5.76. The van der Waals surface area contributed by atoms with Crippen molar-refractivity contribution in [3.05, 3.63) is 35.9 Å². The second-order valence-corrected chi connectivity index (χ2v) is 4.36. The van der Waals surface area contributed by atoms with Crippen LogP contribution in [0.1, 0.15) is 37.2 Å². The summed E-state index contributed by atoms with van der Waals surface area (Å²) >= 11 is 0. The maximum Gasteiger partial charge on any atom is 0.220 e. The topological polar surface area (TPSA) is 43.1 Å². The molecule has 2 nitrogen and oxygen atoms in total. The van der Waals surface area contributed by atoms with Crippen molar-refractivity contribution in [2.24, 2.45) is 11.7 Å². The molecule has 15 heavy (non-hydrogen) atoms. The summed E-state index contributed by atoms with van der Waals surface area (Å²) in [5, 5.41) is 0. The maximum atomic E-state index is 11.0. The molecule has 2 heteroatoms. The molecule has 1 aliphatic carbocycles. The molecule has 2 rings (SSSR count). The molecule has 1 aliphatic rings. The number of rotatable bonds is 2. The van der Waals surface area contributed by atoms with Crippen molar-refractivity contribution >= 4 is 5.91 Å². The van der Waals surface area contributed by atoms with Crippen LogP contribution in [0.25, 0.3) is 0 Å². The lowest BCUT2D eigenvalue weighted by molar-refractivity contribution is -0.122. The van der Waals surface area contributed by atoms with Crippen LogP contribution in [-0.2, 0) is 4.79 Å². The van der Waals surface area contributed by atoms with E-state index in [1.807, 2.05) is 6.07 Å². The average Bonchev–Trinajstić information content (AvgIpc) is 2.30. The number of amides is 1. The number of hydrogen-bond donors (Lipinski definition) is 1. The largest absolute Gasteiger partial charge is 0.369 e. The van der Waals surface area contributed by atoms with Gasteiger partial charge >= 0.3 is 0 Å². The third-order valence-corrected chi connectivity index (χ3v) is 3.40. The van der Waals surface area contributed by atoms with Gasteiger partial charge in [-0.05, 0) is 37.2 Å². The van der Waals surface area contributed by atoms with Gasteiger partial charge in [0.2, 0.25) is 5.91 Å². The summed E-state index contributed by atoms with van der Waals surface area (Å²) in [7, 11) is 0. The molecule has 2 N–H and O–H groups in total. The molecule has 0 radical (unpaired) electrons. The fourth-order valence-corrected chi connectivity index (χ4v) is 2.44. The summed E-state index contributed by atoms with van der Waals surface area (Å²) in [6, 6.07) is 10.5. The minimum absolute atomic E-state index is 0.116. The van der Waals surface area contributed by atoms with E-state index in [1.54, 1.807) is 0 Å². The molecule has 1 aromatic carbocycles. The van der Waals surface area contributed by atoms with Crippen LogP contribution in [-0.4, -0.2) is 5.91 Å². The van der Waals surface area contributed by atoms with E-state index in [0.717, 1.165) is 25.7 Å². The first-order chi connectivity index (χ1) is 7.27. The molecule has 0 heterocycles. The fraction of sp³-hybridized carbons (Fsp3) is 0.462. The smallest absolute Gasteiger partial charge is 0.220 e. The Morgan fingerprint density at radius 3 is 2.20 bits per heavy atom. The Kier molecular flexibility index (Phi) is 3.05. The predicted molar refractivity (Wildman–Crippen MR) is 60.3 cm³/mol. The predicted octanol–water partition coefficient (Wildman–Crippen LogP) is 2.45. The zero-order valence-corrected chi connectivity index (χ0v) is 8.86. The standard InChI is InChI=1S/C13H17NO/c14-13(15)12-8-6-11(7-9-12)10-4-2-1-3-5-10/h1-5,11-12H,6-9H2,(H2,14,15). The van der Waals surface area contributed by atoms with E-state index in [4.69, 9.17) is 5.73 Å². The molecule has 1 fully saturated rings. The number of carbonyl (C=O) groups is 1. The van der Waals surface area contributed by atoms with Crippen LogP contribution in [0.5, 0.6) is 0 Å². The molecule has 0 unspecified atom stereocenters. The maximum absolute atomic E-state index is 11.0. The summed E-state index contributed by atoms with van der Waals surface area (Å²) in [6.45, 7) is 0. The van der Waals surface area contributed by atoms with E-state index in [1.165, 1.54) is 5.56 Å². The Morgan fingerprint density at radius 2 is 1.67 bits per heavy atom. The molecular formula is C13H17NO. The minimum Gasteiger partial charge on any atom is -0.369 e. The molecule has 0 bridgehead atoms. The van der Waals surface area contributed by atoms with E-state index in [0.29, 0.717) is 5.92 Å². The molecule has 80 valence electrons. The zero-order valence-electron chi connectivity index (χ0n) is 8.86. The highest BCUT2D eigenvalue weighted by Crippen LogP contribution is 2.35. The molecule has 1 saturated carbocycles. The molecular weight excluding hydrogens is 186 g/mol. The highest BCUT2D eigenvalue weighted by atomic mass is 16.1. The first kappa shape index (κ1) is 10.2. The monoisotopic (exact) mass is 203 g/mol. The van der Waals surface area contributed by atoms with Gasteiger partial charge in [-0.25, -0.2) is 0 Å². The molecule has 0 spiro atoms. The summed E-state index contributed by atoms with van der Waals surface area (Å²) in [5.41, 5.74) is 6.72. The quantitative estimate of drug-likeness (QED) is 0.788. The fourth-order valence-electron chi connectivity index (χ4n) is 2.44. The number of primary amides is 1. The van der Waals surface area contributed by atoms with Crippen molar-refractivity contribution in [1.29, 1.82) is 0 Å². The van der Waals surface area contributed by atoms with Gasteiger partial charge in [-0.2, -0.15) is 0 Å². The van der Waals surface area contributed by atoms with E-state index in [-0.39, 0.29) is 11.8 Å². The zero-order chi connectivity index (χ0) is 10.7. The van der Waals surface area contributed by atoms with Gasteiger partial charge in [-0.3, -0.25) is 4.79 Å². The van der Waals surface area contributed by atoms with E-state index < -0.39 is 0 Å². The summed E-state index contributed by atoms with van der Waals surface area (Å²) in [6.07, 6.45) is 4.10. The Morgan fingerprint density at radius 1 is 1.07 bits per heavy atom. The molecule has 0 saturated heterocycles. The molecule has 0 atom stereocenters. The van der Waals surface area contributed by atoms with Crippen LogP contribution in [0.15, 0.2) is 30.3 Å². The molecule has 1 aromatic rings. The van der Waals surface area contributed by atoms with Crippen molar-refractivity contribution in [3.8, 4) is 0 Å². The van der Waals surface area contributed by atoms with Crippen molar-refractivity contribution in [3.63, 3.8) is 0 Å².